The molecule has 0 aromatic heterocycles. The Hall–Kier alpha value is -4.48. The van der Waals surface area contributed by atoms with Crippen LogP contribution in [0, 0.1) is 0 Å². The van der Waals surface area contributed by atoms with Crippen molar-refractivity contribution in [2.75, 3.05) is 13.2 Å². The Balaban J connectivity index is 3.65. The van der Waals surface area contributed by atoms with Gasteiger partial charge in [0.2, 0.25) is 0 Å². The summed E-state index contributed by atoms with van der Waals surface area (Å²) in [4.78, 5) is 24.6. The molecule has 0 bridgehead atoms. The van der Waals surface area contributed by atoms with Gasteiger partial charge in [0.15, 0.2) is 6.10 Å². The molecule has 0 amide bonds. The van der Waals surface area contributed by atoms with Crippen LogP contribution in [-0.2, 0) is 19.1 Å². The van der Waals surface area contributed by atoms with Gasteiger partial charge in [0.1, 0.15) is 6.61 Å². The first kappa shape index (κ1) is 69.5. The highest BCUT2D eigenvalue weighted by molar-refractivity contribution is 5.70. The van der Waals surface area contributed by atoms with E-state index in [-0.39, 0.29) is 25.2 Å². The van der Waals surface area contributed by atoms with Crippen LogP contribution in [0.3, 0.4) is 0 Å². The molecule has 0 heterocycles. The molecule has 0 aromatic carbocycles. The summed E-state index contributed by atoms with van der Waals surface area (Å²) in [6, 6.07) is 0. The van der Waals surface area contributed by atoms with E-state index in [1.165, 1.54) is 89.9 Å². The Morgan fingerprint density at radius 2 is 0.581 bits per heavy atom. The Labute approximate surface area is 456 Å². The molecular weight excluding hydrogens is 909 g/mol. The lowest BCUT2D eigenvalue weighted by Gasteiger charge is -2.15. The van der Waals surface area contributed by atoms with Gasteiger partial charge in [-0.3, -0.25) is 9.59 Å². The van der Waals surface area contributed by atoms with Crippen molar-refractivity contribution in [2.24, 2.45) is 0 Å². The summed E-state index contributed by atoms with van der Waals surface area (Å²) in [5.41, 5.74) is 0. The van der Waals surface area contributed by atoms with Crippen LogP contribution < -0.4 is 0 Å². The predicted molar refractivity (Wildman–Crippen MR) is 324 cm³/mol. The number of unbranched alkanes of at least 4 members (excludes halogenated alkanes) is 19. The molecule has 0 aliphatic heterocycles. The van der Waals surface area contributed by atoms with Gasteiger partial charge < -0.3 is 14.6 Å². The summed E-state index contributed by atoms with van der Waals surface area (Å²) in [6.07, 6.45) is 96.4. The van der Waals surface area contributed by atoms with E-state index in [2.05, 4.69) is 172 Å². The van der Waals surface area contributed by atoms with Crippen LogP contribution in [0.15, 0.2) is 158 Å². The second-order valence-electron chi connectivity index (χ2n) is 19.3. The third-order valence-electron chi connectivity index (χ3n) is 12.3. The normalized spacial score (nSPS) is 13.4. The zero-order valence-electron chi connectivity index (χ0n) is 47.5. The first-order valence-corrected chi connectivity index (χ1v) is 30.0. The second-order valence-corrected chi connectivity index (χ2v) is 19.3. The molecule has 0 aromatic rings. The van der Waals surface area contributed by atoms with Crippen LogP contribution in [0.1, 0.15) is 245 Å². The lowest BCUT2D eigenvalue weighted by molar-refractivity contribution is -0.161. The van der Waals surface area contributed by atoms with Crippen LogP contribution in [-0.4, -0.2) is 36.4 Å². The molecule has 0 aliphatic carbocycles. The molecule has 0 radical (unpaired) electrons. The first-order chi connectivity index (χ1) is 36.6. The molecule has 1 unspecified atom stereocenters. The Morgan fingerprint density at radius 3 is 0.878 bits per heavy atom. The van der Waals surface area contributed by atoms with E-state index < -0.39 is 6.10 Å². The molecule has 0 saturated carbocycles. The van der Waals surface area contributed by atoms with E-state index in [1.54, 1.807) is 0 Å². The fourth-order valence-electron chi connectivity index (χ4n) is 7.82. The summed E-state index contributed by atoms with van der Waals surface area (Å²) in [5, 5.41) is 9.66. The minimum absolute atomic E-state index is 0.0885. The van der Waals surface area contributed by atoms with Crippen molar-refractivity contribution in [3.05, 3.63) is 158 Å². The Kier molecular flexibility index (Phi) is 59.0. The van der Waals surface area contributed by atoms with Gasteiger partial charge in [-0.1, -0.05) is 262 Å². The van der Waals surface area contributed by atoms with Crippen LogP contribution in [0.2, 0.25) is 0 Å². The van der Waals surface area contributed by atoms with Gasteiger partial charge in [0, 0.05) is 12.8 Å². The number of allylic oxidation sites excluding steroid dienone is 26. The number of hydrogen-bond acceptors (Lipinski definition) is 5. The van der Waals surface area contributed by atoms with Crippen molar-refractivity contribution in [2.45, 2.75) is 251 Å². The van der Waals surface area contributed by atoms with Crippen molar-refractivity contribution in [1.29, 1.82) is 0 Å². The van der Waals surface area contributed by atoms with Crippen LogP contribution in [0.4, 0.5) is 0 Å². The molecule has 0 saturated heterocycles. The summed E-state index contributed by atoms with van der Waals surface area (Å²) < 4.78 is 10.7. The number of ether oxygens (including phenoxy) is 2. The number of aliphatic hydroxyl groups is 1. The van der Waals surface area contributed by atoms with Gasteiger partial charge in [-0.05, 0) is 128 Å². The Bertz CT molecular complexity index is 1620. The van der Waals surface area contributed by atoms with E-state index in [0.717, 1.165) is 128 Å². The average Bonchev–Trinajstić information content (AvgIpc) is 3.40. The molecule has 0 spiro atoms. The van der Waals surface area contributed by atoms with Crippen molar-refractivity contribution >= 4 is 11.9 Å². The van der Waals surface area contributed by atoms with Crippen LogP contribution in [0.25, 0.3) is 0 Å². The lowest BCUT2D eigenvalue weighted by Crippen LogP contribution is -2.28. The predicted octanol–water partition coefficient (Wildman–Crippen LogP) is 20.7. The monoisotopic (exact) mass is 1020 g/mol. The molecule has 0 fully saturated rings. The average molecular weight is 1020 g/mol. The molecule has 1 N–H and O–H groups in total. The second kappa shape index (κ2) is 62.8. The minimum atomic E-state index is -0.801. The number of rotatable bonds is 53. The van der Waals surface area contributed by atoms with Crippen LogP contribution in [0.5, 0.6) is 0 Å². The van der Waals surface area contributed by atoms with Crippen molar-refractivity contribution in [3.63, 3.8) is 0 Å². The number of aliphatic hydroxyl groups excluding tert-OH is 1. The summed E-state index contributed by atoms with van der Waals surface area (Å²) in [6.45, 7) is 3.99. The van der Waals surface area contributed by atoms with Crippen LogP contribution >= 0.6 is 0 Å². The number of carbonyl (C=O) groups excluding carboxylic acids is 2. The van der Waals surface area contributed by atoms with Gasteiger partial charge in [-0.2, -0.15) is 0 Å². The van der Waals surface area contributed by atoms with Gasteiger partial charge in [0.25, 0.3) is 0 Å². The standard InChI is InChI=1S/C69H110O5/c1-3-5-7-9-11-13-15-17-19-21-23-25-27-29-30-31-32-33-34-35-36-37-38-40-42-44-46-48-50-52-54-56-58-60-62-64-69(72)74-67(65-70)66-73-68(71)63-61-59-57-55-53-51-49-47-45-43-41-39-28-26-24-22-20-18-16-14-12-10-8-6-4-2/h5,7,11,13,16-19,22-25,28-30,32-33,35-36,38-40,44,46,50,52,67,70H,3-4,6,8-10,12,14-15,20-21,26-27,31,34,37,41-43,45,47-49,51,53-66H2,1-2H3/b7-5-,13-11-,18-16-,19-17-,24-22-,25-23-,30-29-,33-32-,36-35-,39-28-,40-38-,46-44-,52-50-. The van der Waals surface area contributed by atoms with E-state index in [4.69, 9.17) is 9.47 Å². The quantitative estimate of drug-likeness (QED) is 0.0373. The molecule has 5 heteroatoms. The molecule has 0 rings (SSSR count). The van der Waals surface area contributed by atoms with E-state index in [9.17, 15) is 14.7 Å². The zero-order valence-corrected chi connectivity index (χ0v) is 47.5. The summed E-state index contributed by atoms with van der Waals surface area (Å²) in [7, 11) is 0. The third kappa shape index (κ3) is 60.1. The van der Waals surface area contributed by atoms with Crippen molar-refractivity contribution in [1.82, 2.24) is 0 Å². The molecule has 5 nitrogen and oxygen atoms in total. The highest BCUT2D eigenvalue weighted by atomic mass is 16.6. The minimum Gasteiger partial charge on any atom is -0.462 e. The van der Waals surface area contributed by atoms with Gasteiger partial charge >= 0.3 is 11.9 Å². The zero-order chi connectivity index (χ0) is 53.4. The highest BCUT2D eigenvalue weighted by Crippen LogP contribution is 2.14. The first-order valence-electron chi connectivity index (χ1n) is 30.0. The maximum Gasteiger partial charge on any atom is 0.306 e. The number of hydrogen-bond donors (Lipinski definition) is 1. The van der Waals surface area contributed by atoms with E-state index >= 15 is 0 Å². The van der Waals surface area contributed by atoms with Gasteiger partial charge in [0.05, 0.1) is 6.61 Å². The SMILES string of the molecule is CC/C=C\C/C=C\C/C=C\C/C=C\C/C=C\C/C=C\C/C=C\C/C=C\C/C=C\C/C=C\CCCCCCC(=O)OC(CO)COC(=O)CCCCCCCCCCCC/C=C\C/C=C\C/C=C\CCCCCCC. The third-order valence-corrected chi connectivity index (χ3v) is 12.3. The largest absolute Gasteiger partial charge is 0.462 e. The molecule has 416 valence electrons. The number of esters is 2. The molecule has 74 heavy (non-hydrogen) atoms. The Morgan fingerprint density at radius 1 is 0.324 bits per heavy atom. The van der Waals surface area contributed by atoms with Gasteiger partial charge in [-0.25, -0.2) is 0 Å². The smallest absolute Gasteiger partial charge is 0.306 e. The van der Waals surface area contributed by atoms with Crippen molar-refractivity contribution < 1.29 is 24.2 Å². The van der Waals surface area contributed by atoms with E-state index in [1.807, 2.05) is 0 Å². The van der Waals surface area contributed by atoms with Crippen molar-refractivity contribution in [3.8, 4) is 0 Å². The molecule has 0 aliphatic rings. The maximum absolute atomic E-state index is 12.3. The lowest BCUT2D eigenvalue weighted by atomic mass is 10.1. The van der Waals surface area contributed by atoms with E-state index in [0.29, 0.717) is 12.8 Å². The summed E-state index contributed by atoms with van der Waals surface area (Å²) in [5.74, 6) is -0.633. The molecular formula is C69H110O5. The summed E-state index contributed by atoms with van der Waals surface area (Å²) >= 11 is 0. The highest BCUT2D eigenvalue weighted by Gasteiger charge is 2.16. The number of carbonyl (C=O) groups is 2. The fraction of sp³-hybridized carbons (Fsp3) is 0.594. The molecule has 1 atom stereocenters. The van der Waals surface area contributed by atoms with Gasteiger partial charge in [-0.15, -0.1) is 0 Å². The fourth-order valence-corrected chi connectivity index (χ4v) is 7.82. The topological polar surface area (TPSA) is 72.8 Å². The maximum atomic E-state index is 12.3.